The number of rotatable bonds is 5. The van der Waals surface area contributed by atoms with Gasteiger partial charge in [0.25, 0.3) is 0 Å². The van der Waals surface area contributed by atoms with Gasteiger partial charge in [0, 0.05) is 12.2 Å². The molecule has 0 aliphatic rings. The first-order valence-electron chi connectivity index (χ1n) is 6.00. The minimum atomic E-state index is -0.349. The zero-order chi connectivity index (χ0) is 14.4. The number of hydrogen-bond donors (Lipinski definition) is 0. The average molecular weight is 284 g/mol. The zero-order valence-electron chi connectivity index (χ0n) is 11.4. The van der Waals surface area contributed by atoms with Crippen LogP contribution in [-0.2, 0) is 14.3 Å². The summed E-state index contributed by atoms with van der Waals surface area (Å²) in [5, 5.41) is 0. The van der Waals surface area contributed by atoms with Crippen molar-refractivity contribution in [3.8, 4) is 0 Å². The Hall–Kier alpha value is -1.55. The molecule has 1 rings (SSSR count). The van der Waals surface area contributed by atoms with Crippen LogP contribution >= 0.6 is 11.6 Å². The Morgan fingerprint density at radius 1 is 1.26 bits per heavy atom. The van der Waals surface area contributed by atoms with Crippen LogP contribution < -0.4 is 4.90 Å². The molecule has 0 heterocycles. The Balaban J connectivity index is 3.03. The van der Waals surface area contributed by atoms with E-state index in [4.69, 9.17) is 11.6 Å². The molecule has 0 aromatic heterocycles. The summed E-state index contributed by atoms with van der Waals surface area (Å²) in [7, 11) is 1.33. The highest BCUT2D eigenvalue weighted by Crippen LogP contribution is 2.25. The van der Waals surface area contributed by atoms with Crippen molar-refractivity contribution < 1.29 is 14.3 Å². The molecule has 19 heavy (non-hydrogen) atoms. The van der Waals surface area contributed by atoms with E-state index < -0.39 is 0 Å². The Kier molecular flexibility index (Phi) is 5.83. The van der Waals surface area contributed by atoms with Gasteiger partial charge in [0.1, 0.15) is 5.88 Å². The van der Waals surface area contributed by atoms with Crippen molar-refractivity contribution in [1.29, 1.82) is 0 Å². The van der Waals surface area contributed by atoms with E-state index in [1.807, 2.05) is 32.0 Å². The van der Waals surface area contributed by atoms with Crippen molar-refractivity contribution in [2.24, 2.45) is 0 Å². The normalized spacial score (nSPS) is 10.1. The molecule has 1 aromatic carbocycles. The van der Waals surface area contributed by atoms with Gasteiger partial charge in [-0.05, 0) is 25.0 Å². The van der Waals surface area contributed by atoms with Crippen LogP contribution in [0.3, 0.4) is 0 Å². The Bertz CT molecular complexity index is 454. The SMILES string of the molecule is COC(=O)CCN(C(=O)CCl)c1c(C)cccc1C. The second-order valence-corrected chi connectivity index (χ2v) is 4.51. The van der Waals surface area contributed by atoms with Gasteiger partial charge in [-0.1, -0.05) is 18.2 Å². The van der Waals surface area contributed by atoms with Crippen LogP contribution in [0.1, 0.15) is 17.5 Å². The minimum Gasteiger partial charge on any atom is -0.469 e. The molecule has 4 nitrogen and oxygen atoms in total. The highest BCUT2D eigenvalue weighted by Gasteiger charge is 2.19. The van der Waals surface area contributed by atoms with Crippen molar-refractivity contribution in [3.63, 3.8) is 0 Å². The molecular formula is C14H18ClNO3. The molecule has 1 amide bonds. The fourth-order valence-corrected chi connectivity index (χ4v) is 2.11. The van der Waals surface area contributed by atoms with E-state index in [0.29, 0.717) is 0 Å². The first-order valence-corrected chi connectivity index (χ1v) is 6.54. The number of anilines is 1. The third-order valence-corrected chi connectivity index (χ3v) is 3.12. The molecular weight excluding hydrogens is 266 g/mol. The molecule has 0 aliphatic heterocycles. The van der Waals surface area contributed by atoms with Crippen LogP contribution in [0.15, 0.2) is 18.2 Å². The summed E-state index contributed by atoms with van der Waals surface area (Å²) in [6, 6.07) is 5.78. The lowest BCUT2D eigenvalue weighted by molar-refractivity contribution is -0.140. The molecule has 104 valence electrons. The van der Waals surface area contributed by atoms with Crippen LogP contribution in [0.2, 0.25) is 0 Å². The minimum absolute atomic E-state index is 0.116. The number of carbonyl (C=O) groups is 2. The van der Waals surface area contributed by atoms with Crippen molar-refractivity contribution in [3.05, 3.63) is 29.3 Å². The van der Waals surface area contributed by atoms with Crippen LogP contribution in [0.25, 0.3) is 0 Å². The average Bonchev–Trinajstić information content (AvgIpc) is 2.40. The van der Waals surface area contributed by atoms with E-state index in [2.05, 4.69) is 4.74 Å². The number of hydrogen-bond acceptors (Lipinski definition) is 3. The van der Waals surface area contributed by atoms with E-state index in [-0.39, 0.29) is 30.7 Å². The summed E-state index contributed by atoms with van der Waals surface area (Å²) < 4.78 is 4.60. The lowest BCUT2D eigenvalue weighted by Gasteiger charge is -2.25. The molecule has 0 saturated heterocycles. The third-order valence-electron chi connectivity index (χ3n) is 2.89. The molecule has 0 bridgehead atoms. The van der Waals surface area contributed by atoms with E-state index in [0.717, 1.165) is 16.8 Å². The van der Waals surface area contributed by atoms with Crippen molar-refractivity contribution in [2.45, 2.75) is 20.3 Å². The number of methoxy groups -OCH3 is 1. The monoisotopic (exact) mass is 283 g/mol. The standard InChI is InChI=1S/C14H18ClNO3/c1-10-5-4-6-11(2)14(10)16(12(17)9-15)8-7-13(18)19-3/h4-6H,7-9H2,1-3H3. The molecule has 0 unspecified atom stereocenters. The van der Waals surface area contributed by atoms with Crippen LogP contribution in [0, 0.1) is 13.8 Å². The smallest absolute Gasteiger partial charge is 0.307 e. The van der Waals surface area contributed by atoms with Gasteiger partial charge in [0.2, 0.25) is 5.91 Å². The Morgan fingerprint density at radius 2 is 1.84 bits per heavy atom. The first-order chi connectivity index (χ1) is 9.01. The molecule has 0 radical (unpaired) electrons. The van der Waals surface area contributed by atoms with Gasteiger partial charge in [-0.25, -0.2) is 0 Å². The molecule has 5 heteroatoms. The number of aryl methyl sites for hydroxylation is 2. The maximum absolute atomic E-state index is 12.0. The zero-order valence-corrected chi connectivity index (χ0v) is 12.2. The van der Waals surface area contributed by atoms with E-state index in [1.54, 1.807) is 4.90 Å². The fraction of sp³-hybridized carbons (Fsp3) is 0.429. The van der Waals surface area contributed by atoms with Crippen LogP contribution in [0.4, 0.5) is 5.69 Å². The number of alkyl halides is 1. The number of nitrogens with zero attached hydrogens (tertiary/aromatic N) is 1. The number of para-hydroxylation sites is 1. The van der Waals surface area contributed by atoms with Crippen molar-refractivity contribution in [2.75, 3.05) is 24.4 Å². The van der Waals surface area contributed by atoms with Crippen LogP contribution in [0.5, 0.6) is 0 Å². The molecule has 0 N–H and O–H groups in total. The van der Waals surface area contributed by atoms with E-state index in [9.17, 15) is 9.59 Å². The van der Waals surface area contributed by atoms with Crippen molar-refractivity contribution in [1.82, 2.24) is 0 Å². The summed E-state index contributed by atoms with van der Waals surface area (Å²) in [5.41, 5.74) is 2.77. The predicted molar refractivity (Wildman–Crippen MR) is 75.6 cm³/mol. The number of esters is 1. The predicted octanol–water partition coefficient (Wildman–Crippen LogP) is 2.44. The summed E-state index contributed by atoms with van der Waals surface area (Å²) >= 11 is 5.64. The summed E-state index contributed by atoms with van der Waals surface area (Å²) in [5.74, 6) is -0.684. The molecule has 0 aliphatic carbocycles. The maximum atomic E-state index is 12.0. The van der Waals surface area contributed by atoms with Gasteiger partial charge >= 0.3 is 5.97 Å². The van der Waals surface area contributed by atoms with Gasteiger partial charge < -0.3 is 9.64 Å². The second kappa shape index (κ2) is 7.14. The summed E-state index contributed by atoms with van der Waals surface area (Å²) in [6.45, 7) is 4.12. The largest absolute Gasteiger partial charge is 0.469 e. The van der Waals surface area contributed by atoms with Gasteiger partial charge in [0.05, 0.1) is 13.5 Å². The molecule has 0 saturated carbocycles. The lowest BCUT2D eigenvalue weighted by Crippen LogP contribution is -2.35. The lowest BCUT2D eigenvalue weighted by atomic mass is 10.1. The Morgan fingerprint density at radius 3 is 2.32 bits per heavy atom. The maximum Gasteiger partial charge on any atom is 0.307 e. The number of halogens is 1. The molecule has 0 atom stereocenters. The first kappa shape index (κ1) is 15.5. The van der Waals surface area contributed by atoms with E-state index in [1.165, 1.54) is 7.11 Å². The number of benzene rings is 1. The van der Waals surface area contributed by atoms with Gasteiger partial charge in [-0.15, -0.1) is 11.6 Å². The second-order valence-electron chi connectivity index (χ2n) is 4.25. The topological polar surface area (TPSA) is 46.6 Å². The summed E-state index contributed by atoms with van der Waals surface area (Å²) in [6.07, 6.45) is 0.146. The number of amides is 1. The fourth-order valence-electron chi connectivity index (χ4n) is 1.97. The van der Waals surface area contributed by atoms with Crippen LogP contribution in [-0.4, -0.2) is 31.4 Å². The van der Waals surface area contributed by atoms with Gasteiger partial charge in [-0.3, -0.25) is 9.59 Å². The van der Waals surface area contributed by atoms with Gasteiger partial charge in [0.15, 0.2) is 0 Å². The highest BCUT2D eigenvalue weighted by atomic mass is 35.5. The van der Waals surface area contributed by atoms with Crippen molar-refractivity contribution >= 4 is 29.2 Å². The van der Waals surface area contributed by atoms with Gasteiger partial charge in [-0.2, -0.15) is 0 Å². The quantitative estimate of drug-likeness (QED) is 0.616. The third kappa shape index (κ3) is 3.96. The number of ether oxygens (including phenoxy) is 1. The molecule has 1 aromatic rings. The van der Waals surface area contributed by atoms with E-state index >= 15 is 0 Å². The number of carbonyl (C=O) groups excluding carboxylic acids is 2. The molecule has 0 spiro atoms. The molecule has 0 fully saturated rings. The summed E-state index contributed by atoms with van der Waals surface area (Å²) in [4.78, 5) is 24.7. The highest BCUT2D eigenvalue weighted by molar-refractivity contribution is 6.29. The Labute approximate surface area is 118 Å².